The van der Waals surface area contributed by atoms with Gasteiger partial charge in [-0.2, -0.15) is 10.1 Å². The highest BCUT2D eigenvalue weighted by atomic mass is 16.2. The van der Waals surface area contributed by atoms with Gasteiger partial charge < -0.3 is 4.57 Å². The molecule has 0 aliphatic carbocycles. The number of imidazole rings is 1. The van der Waals surface area contributed by atoms with Gasteiger partial charge in [-0.3, -0.25) is 13.9 Å². The number of aromatic nitrogens is 6. The molecule has 0 unspecified atom stereocenters. The highest BCUT2D eigenvalue weighted by molar-refractivity contribution is 5.72. The van der Waals surface area contributed by atoms with Crippen LogP contribution in [-0.4, -0.2) is 28.5 Å². The second-order valence-electron chi connectivity index (χ2n) is 6.12. The first-order valence-electron chi connectivity index (χ1n) is 8.87. The lowest BCUT2D eigenvalue weighted by molar-refractivity contribution is 0.655. The molecule has 0 bridgehead atoms. The lowest BCUT2D eigenvalue weighted by Crippen LogP contribution is -2.39. The molecule has 3 aromatic heterocycles. The van der Waals surface area contributed by atoms with Gasteiger partial charge in [-0.05, 0) is 25.8 Å². The van der Waals surface area contributed by atoms with Crippen LogP contribution < -0.4 is 11.2 Å². The van der Waals surface area contributed by atoms with E-state index < -0.39 is 5.69 Å². The SMILES string of the molecule is C=CCn1c(=O)c2c(nc(-n3nc(CC)cc3CC)n2CC)n(C)c1=O. The van der Waals surface area contributed by atoms with Crippen LogP contribution in [0, 0.1) is 0 Å². The lowest BCUT2D eigenvalue weighted by atomic mass is 10.3. The van der Waals surface area contributed by atoms with Crippen molar-refractivity contribution in [2.24, 2.45) is 7.05 Å². The third-order valence-electron chi connectivity index (χ3n) is 4.59. The highest BCUT2D eigenvalue weighted by Crippen LogP contribution is 2.18. The van der Waals surface area contributed by atoms with Crippen molar-refractivity contribution in [3.63, 3.8) is 0 Å². The molecule has 8 heteroatoms. The van der Waals surface area contributed by atoms with Crippen LogP contribution in [0.15, 0.2) is 28.3 Å². The van der Waals surface area contributed by atoms with Crippen molar-refractivity contribution < 1.29 is 0 Å². The summed E-state index contributed by atoms with van der Waals surface area (Å²) in [6.45, 7) is 10.4. The summed E-state index contributed by atoms with van der Waals surface area (Å²) >= 11 is 0. The van der Waals surface area contributed by atoms with Gasteiger partial charge in [-0.15, -0.1) is 6.58 Å². The molecule has 0 amide bonds. The first-order valence-corrected chi connectivity index (χ1v) is 8.87. The van der Waals surface area contributed by atoms with Crippen LogP contribution in [0.4, 0.5) is 0 Å². The minimum atomic E-state index is -0.403. The minimum absolute atomic E-state index is 0.160. The van der Waals surface area contributed by atoms with Gasteiger partial charge in [-0.1, -0.05) is 19.9 Å². The Hall–Kier alpha value is -2.90. The van der Waals surface area contributed by atoms with Gasteiger partial charge in [0.1, 0.15) is 0 Å². The summed E-state index contributed by atoms with van der Waals surface area (Å²) in [4.78, 5) is 30.1. The van der Waals surface area contributed by atoms with E-state index in [1.165, 1.54) is 9.13 Å². The quantitative estimate of drug-likeness (QED) is 0.626. The smallest absolute Gasteiger partial charge is 0.303 e. The zero-order chi connectivity index (χ0) is 19.0. The maximum atomic E-state index is 12.9. The van der Waals surface area contributed by atoms with Crippen LogP contribution >= 0.6 is 0 Å². The van der Waals surface area contributed by atoms with E-state index in [4.69, 9.17) is 0 Å². The predicted octanol–water partition coefficient (Wildman–Crippen LogP) is 1.41. The van der Waals surface area contributed by atoms with Gasteiger partial charge in [-0.25, -0.2) is 9.48 Å². The van der Waals surface area contributed by atoms with E-state index in [0.29, 0.717) is 23.7 Å². The van der Waals surface area contributed by atoms with Crippen LogP contribution in [0.2, 0.25) is 0 Å². The van der Waals surface area contributed by atoms with Gasteiger partial charge in [0, 0.05) is 25.8 Å². The van der Waals surface area contributed by atoms with Crippen molar-refractivity contribution in [2.45, 2.75) is 46.7 Å². The van der Waals surface area contributed by atoms with Gasteiger partial charge in [0.05, 0.1) is 5.69 Å². The molecule has 3 aromatic rings. The Morgan fingerprint density at radius 1 is 1.15 bits per heavy atom. The zero-order valence-corrected chi connectivity index (χ0v) is 15.7. The second kappa shape index (κ2) is 6.78. The molecular formula is C18H24N6O2. The molecule has 138 valence electrons. The first kappa shape index (κ1) is 17.9. The van der Waals surface area contributed by atoms with Gasteiger partial charge in [0.2, 0.25) is 5.95 Å². The average Bonchev–Trinajstić information content (AvgIpc) is 3.23. The Labute approximate surface area is 151 Å². The van der Waals surface area contributed by atoms with E-state index in [-0.39, 0.29) is 12.1 Å². The molecular weight excluding hydrogens is 332 g/mol. The van der Waals surface area contributed by atoms with Crippen molar-refractivity contribution in [3.05, 3.63) is 50.9 Å². The summed E-state index contributed by atoms with van der Waals surface area (Å²) in [6.07, 6.45) is 3.15. The summed E-state index contributed by atoms with van der Waals surface area (Å²) < 4.78 is 6.19. The molecule has 0 saturated carbocycles. The van der Waals surface area contributed by atoms with Gasteiger partial charge in [0.15, 0.2) is 11.2 Å². The van der Waals surface area contributed by atoms with E-state index in [9.17, 15) is 9.59 Å². The van der Waals surface area contributed by atoms with Crippen LogP contribution in [-0.2, 0) is 33.0 Å². The molecule has 0 aromatic carbocycles. The zero-order valence-electron chi connectivity index (χ0n) is 15.7. The third-order valence-corrected chi connectivity index (χ3v) is 4.59. The number of hydrogen-bond acceptors (Lipinski definition) is 4. The summed E-state index contributed by atoms with van der Waals surface area (Å²) in [5.74, 6) is 0.558. The summed E-state index contributed by atoms with van der Waals surface area (Å²) in [5, 5.41) is 4.64. The third kappa shape index (κ3) is 2.53. The molecule has 0 atom stereocenters. The Balaban J connectivity index is 2.43. The number of hydrogen-bond donors (Lipinski definition) is 0. The fraction of sp³-hybridized carbons (Fsp3) is 0.444. The summed E-state index contributed by atoms with van der Waals surface area (Å²) in [6, 6.07) is 2.05. The maximum absolute atomic E-state index is 12.9. The maximum Gasteiger partial charge on any atom is 0.332 e. The first-order chi connectivity index (χ1) is 12.5. The fourth-order valence-corrected chi connectivity index (χ4v) is 3.18. The highest BCUT2D eigenvalue weighted by Gasteiger charge is 2.22. The van der Waals surface area contributed by atoms with Crippen molar-refractivity contribution in [1.82, 2.24) is 28.5 Å². The number of aryl methyl sites for hydroxylation is 4. The van der Waals surface area contributed by atoms with Gasteiger partial charge in [0.25, 0.3) is 5.56 Å². The van der Waals surface area contributed by atoms with Crippen molar-refractivity contribution in [3.8, 4) is 5.95 Å². The number of nitrogens with zero attached hydrogens (tertiary/aromatic N) is 6. The Kier molecular flexibility index (Phi) is 4.67. The Morgan fingerprint density at radius 3 is 2.46 bits per heavy atom. The number of allylic oxidation sites excluding steroid dienone is 1. The van der Waals surface area contributed by atoms with E-state index in [2.05, 4.69) is 23.6 Å². The number of rotatable bonds is 6. The summed E-state index contributed by atoms with van der Waals surface area (Å²) in [7, 11) is 1.63. The molecule has 0 N–H and O–H groups in total. The van der Waals surface area contributed by atoms with Crippen molar-refractivity contribution in [2.75, 3.05) is 0 Å². The van der Waals surface area contributed by atoms with Gasteiger partial charge >= 0.3 is 5.69 Å². The van der Waals surface area contributed by atoms with E-state index in [0.717, 1.165) is 24.2 Å². The molecule has 0 fully saturated rings. The normalized spacial score (nSPS) is 11.4. The molecule has 0 radical (unpaired) electrons. The molecule has 8 nitrogen and oxygen atoms in total. The minimum Gasteiger partial charge on any atom is -0.303 e. The number of fused-ring (bicyclic) bond motifs is 1. The Morgan fingerprint density at radius 2 is 1.88 bits per heavy atom. The molecule has 0 spiro atoms. The van der Waals surface area contributed by atoms with E-state index >= 15 is 0 Å². The molecule has 3 heterocycles. The standard InChI is InChI=1S/C18H24N6O2/c1-6-10-23-16(25)14-15(21(5)18(23)26)19-17(22(14)9-4)24-13(8-3)11-12(7-2)20-24/h6,11H,1,7-10H2,2-5H3. The Bertz CT molecular complexity index is 1100. The van der Waals surface area contributed by atoms with E-state index in [1.807, 2.05) is 24.5 Å². The predicted molar refractivity (Wildman–Crippen MR) is 101 cm³/mol. The van der Waals surface area contributed by atoms with Crippen LogP contribution in [0.1, 0.15) is 32.2 Å². The fourth-order valence-electron chi connectivity index (χ4n) is 3.18. The molecule has 0 saturated heterocycles. The topological polar surface area (TPSA) is 79.6 Å². The second-order valence-corrected chi connectivity index (χ2v) is 6.12. The molecule has 0 aliphatic rings. The van der Waals surface area contributed by atoms with Crippen molar-refractivity contribution in [1.29, 1.82) is 0 Å². The average molecular weight is 356 g/mol. The lowest BCUT2D eigenvalue weighted by Gasteiger charge is -2.09. The van der Waals surface area contributed by atoms with E-state index in [1.54, 1.807) is 17.8 Å². The molecule has 3 rings (SSSR count). The molecule has 0 aliphatic heterocycles. The summed E-state index contributed by atoms with van der Waals surface area (Å²) in [5.41, 5.74) is 2.00. The van der Waals surface area contributed by atoms with Crippen LogP contribution in [0.5, 0.6) is 0 Å². The largest absolute Gasteiger partial charge is 0.332 e. The van der Waals surface area contributed by atoms with Crippen LogP contribution in [0.25, 0.3) is 17.1 Å². The molecule has 26 heavy (non-hydrogen) atoms. The van der Waals surface area contributed by atoms with Crippen LogP contribution in [0.3, 0.4) is 0 Å². The monoisotopic (exact) mass is 356 g/mol. The van der Waals surface area contributed by atoms with Crippen molar-refractivity contribution >= 4 is 11.2 Å².